The van der Waals surface area contributed by atoms with E-state index in [1.165, 1.54) is 64.2 Å². The number of ether oxygens (including phenoxy) is 4. The smallest absolute Gasteiger partial charge is 0.306 e. The van der Waals surface area contributed by atoms with Gasteiger partial charge in [-0.3, -0.25) is 9.59 Å². The third kappa shape index (κ3) is 28.9. The van der Waals surface area contributed by atoms with Crippen LogP contribution in [0.2, 0.25) is 0 Å². The zero-order valence-electron chi connectivity index (χ0n) is 35.0. The fourth-order valence-electron chi connectivity index (χ4n) is 5.97. The number of carbonyl (C=O) groups excluding carboxylic acids is 2. The first-order valence-electron chi connectivity index (χ1n) is 21.7. The largest absolute Gasteiger partial charge is 0.462 e. The number of rotatable bonds is 34. The summed E-state index contributed by atoms with van der Waals surface area (Å²) in [5.74, 6) is -0.906. The van der Waals surface area contributed by atoms with Crippen molar-refractivity contribution in [1.82, 2.24) is 0 Å². The van der Waals surface area contributed by atoms with Crippen molar-refractivity contribution >= 4 is 11.9 Å². The Morgan fingerprint density at radius 1 is 0.561 bits per heavy atom. The molecule has 1 heterocycles. The molecule has 10 nitrogen and oxygen atoms in total. The molecule has 10 heteroatoms. The Balaban J connectivity index is 2.37. The third-order valence-electron chi connectivity index (χ3n) is 9.42. The van der Waals surface area contributed by atoms with Crippen molar-refractivity contribution in [2.24, 2.45) is 0 Å². The molecule has 1 rings (SSSR count). The van der Waals surface area contributed by atoms with Gasteiger partial charge in [-0.15, -0.1) is 0 Å². The van der Waals surface area contributed by atoms with E-state index in [9.17, 15) is 30.0 Å². The predicted octanol–water partition coefficient (Wildman–Crippen LogP) is 8.99. The first-order valence-corrected chi connectivity index (χ1v) is 21.7. The molecule has 57 heavy (non-hydrogen) atoms. The van der Waals surface area contributed by atoms with Crippen LogP contribution in [0.1, 0.15) is 142 Å². The highest BCUT2D eigenvalue weighted by molar-refractivity contribution is 5.70. The average molecular weight is 801 g/mol. The van der Waals surface area contributed by atoms with Gasteiger partial charge in [0.25, 0.3) is 0 Å². The second kappa shape index (κ2) is 37.2. The summed E-state index contributed by atoms with van der Waals surface area (Å²) in [6.07, 6.45) is 40.3. The number of allylic oxidation sites excluding steroid dienone is 14. The molecule has 324 valence electrons. The summed E-state index contributed by atoms with van der Waals surface area (Å²) >= 11 is 0. The monoisotopic (exact) mass is 801 g/mol. The maximum Gasteiger partial charge on any atom is 0.306 e. The lowest BCUT2D eigenvalue weighted by molar-refractivity contribution is -0.305. The number of hydrogen-bond donors (Lipinski definition) is 4. The molecule has 0 aromatic carbocycles. The summed E-state index contributed by atoms with van der Waals surface area (Å²) in [6, 6.07) is 0. The fourth-order valence-corrected chi connectivity index (χ4v) is 5.97. The van der Waals surface area contributed by atoms with E-state index in [-0.39, 0.29) is 26.1 Å². The minimum atomic E-state index is -1.61. The molecule has 1 fully saturated rings. The number of unbranched alkanes of at least 4 members (excludes halogenated alkanes) is 14. The van der Waals surface area contributed by atoms with Crippen LogP contribution in [0, 0.1) is 0 Å². The minimum absolute atomic E-state index is 0.128. The zero-order chi connectivity index (χ0) is 41.6. The Bertz CT molecular complexity index is 1200. The van der Waals surface area contributed by atoms with Gasteiger partial charge in [0.2, 0.25) is 0 Å². The van der Waals surface area contributed by atoms with Gasteiger partial charge in [-0.25, -0.2) is 0 Å². The number of aliphatic hydroxyl groups is 4. The molecule has 0 radical (unpaired) electrons. The summed E-state index contributed by atoms with van der Waals surface area (Å²) in [5, 5.41) is 40.0. The van der Waals surface area contributed by atoms with E-state index in [0.717, 1.165) is 32.1 Å². The maximum absolute atomic E-state index is 12.7. The van der Waals surface area contributed by atoms with E-state index in [1.807, 2.05) is 54.7 Å². The van der Waals surface area contributed by atoms with E-state index in [1.54, 1.807) is 0 Å². The van der Waals surface area contributed by atoms with Gasteiger partial charge in [-0.1, -0.05) is 163 Å². The fraction of sp³-hybridized carbons (Fsp3) is 0.660. The van der Waals surface area contributed by atoms with Crippen molar-refractivity contribution in [2.45, 2.75) is 179 Å². The second-order valence-corrected chi connectivity index (χ2v) is 14.6. The summed E-state index contributed by atoms with van der Waals surface area (Å²) in [4.78, 5) is 25.3. The summed E-state index contributed by atoms with van der Waals surface area (Å²) in [5.41, 5.74) is 0. The molecular weight excluding hydrogens is 725 g/mol. The highest BCUT2D eigenvalue weighted by Gasteiger charge is 2.44. The van der Waals surface area contributed by atoms with Gasteiger partial charge in [-0.2, -0.15) is 0 Å². The highest BCUT2D eigenvalue weighted by Crippen LogP contribution is 2.22. The van der Waals surface area contributed by atoms with Crippen LogP contribution < -0.4 is 0 Å². The van der Waals surface area contributed by atoms with Crippen LogP contribution in [0.3, 0.4) is 0 Å². The van der Waals surface area contributed by atoms with E-state index in [2.05, 4.69) is 44.2 Å². The van der Waals surface area contributed by atoms with E-state index < -0.39 is 55.4 Å². The first kappa shape index (κ1) is 51.9. The summed E-state index contributed by atoms with van der Waals surface area (Å²) in [6.45, 7) is 3.15. The quantitative estimate of drug-likeness (QED) is 0.0282. The van der Waals surface area contributed by atoms with Gasteiger partial charge < -0.3 is 39.4 Å². The van der Waals surface area contributed by atoms with Crippen molar-refractivity contribution in [3.05, 3.63) is 85.1 Å². The van der Waals surface area contributed by atoms with Gasteiger partial charge >= 0.3 is 11.9 Å². The van der Waals surface area contributed by atoms with E-state index in [4.69, 9.17) is 18.9 Å². The van der Waals surface area contributed by atoms with Crippen LogP contribution in [-0.2, 0) is 28.5 Å². The predicted molar refractivity (Wildman–Crippen MR) is 228 cm³/mol. The van der Waals surface area contributed by atoms with Crippen LogP contribution in [0.5, 0.6) is 0 Å². The van der Waals surface area contributed by atoms with Crippen molar-refractivity contribution in [3.63, 3.8) is 0 Å². The maximum atomic E-state index is 12.7. The van der Waals surface area contributed by atoms with Crippen molar-refractivity contribution in [1.29, 1.82) is 0 Å². The Labute approximate surface area is 344 Å². The molecule has 3 unspecified atom stereocenters. The molecule has 0 saturated carbocycles. The standard InChI is InChI=1S/C47H76O10/c1-3-5-7-9-11-13-15-17-18-19-20-21-22-24-25-27-29-31-33-35-42(49)54-38-40(39-55-47-46(53)45(52)44(51)41(37-48)57-47)56-43(50)36-34-32-30-28-26-23-16-14-12-10-8-6-4-2/h6,8,10-17,23,26,28,30,40-41,44-48,51-53H,3-5,7,9,18-22,24-25,27,29,31-39H2,1-2H3/b8-6+,12-10+,13-11+,16-14+,17-15+,26-23+,30-28+/t40?,41-,44+,45?,46?,47-/m0/s1. The van der Waals surface area contributed by atoms with Gasteiger partial charge in [0.15, 0.2) is 12.4 Å². The van der Waals surface area contributed by atoms with Crippen LogP contribution in [0.15, 0.2) is 85.1 Å². The van der Waals surface area contributed by atoms with Crippen molar-refractivity contribution in [2.75, 3.05) is 19.8 Å². The molecule has 4 N–H and O–H groups in total. The second-order valence-electron chi connectivity index (χ2n) is 14.6. The minimum Gasteiger partial charge on any atom is -0.462 e. The van der Waals surface area contributed by atoms with Crippen LogP contribution in [0.25, 0.3) is 0 Å². The molecule has 1 saturated heterocycles. The van der Waals surface area contributed by atoms with Gasteiger partial charge in [0.05, 0.1) is 13.2 Å². The molecule has 0 amide bonds. The molecule has 0 aromatic rings. The number of aliphatic hydroxyl groups excluding tert-OH is 4. The average Bonchev–Trinajstić information content (AvgIpc) is 3.21. The number of hydrogen-bond acceptors (Lipinski definition) is 10. The van der Waals surface area contributed by atoms with Crippen molar-refractivity contribution in [3.8, 4) is 0 Å². The Morgan fingerprint density at radius 3 is 1.63 bits per heavy atom. The van der Waals surface area contributed by atoms with Gasteiger partial charge in [0.1, 0.15) is 31.0 Å². The lowest BCUT2D eigenvalue weighted by atomic mass is 9.99. The molecule has 6 atom stereocenters. The molecule has 0 spiro atoms. The van der Waals surface area contributed by atoms with E-state index >= 15 is 0 Å². The first-order chi connectivity index (χ1) is 27.8. The van der Waals surface area contributed by atoms with Gasteiger partial charge in [0, 0.05) is 12.8 Å². The van der Waals surface area contributed by atoms with Crippen molar-refractivity contribution < 1.29 is 49.0 Å². The number of esters is 2. The van der Waals surface area contributed by atoms with Crippen LogP contribution in [0.4, 0.5) is 0 Å². The molecule has 0 bridgehead atoms. The van der Waals surface area contributed by atoms with Crippen LogP contribution in [-0.4, -0.2) is 89.0 Å². The summed E-state index contributed by atoms with van der Waals surface area (Å²) in [7, 11) is 0. The molecule has 0 aromatic heterocycles. The normalized spacial score (nSPS) is 21.1. The zero-order valence-corrected chi connectivity index (χ0v) is 35.0. The lowest BCUT2D eigenvalue weighted by Crippen LogP contribution is -2.59. The third-order valence-corrected chi connectivity index (χ3v) is 9.42. The SMILES string of the molecule is CC/C=C/C=C/C=C/C=C/C=C/CCCC(=O)OC(COC(=O)CCCCCCCCCCCC/C=C/C=C/CCCCC)CO[C@H]1O[C@@H](CO)[C@@H](O)C(O)C1O. The topological polar surface area (TPSA) is 152 Å². The highest BCUT2D eigenvalue weighted by atomic mass is 16.7. The van der Waals surface area contributed by atoms with Gasteiger partial charge in [-0.05, 0) is 51.4 Å². The molecular formula is C47H76O10. The number of carbonyl (C=O) groups is 2. The lowest BCUT2D eigenvalue weighted by Gasteiger charge is -2.39. The Hall–Kier alpha value is -3.12. The molecule has 1 aliphatic heterocycles. The molecule has 0 aliphatic carbocycles. The van der Waals surface area contributed by atoms with Crippen LogP contribution >= 0.6 is 0 Å². The molecule has 1 aliphatic rings. The Morgan fingerprint density at radius 2 is 1.05 bits per heavy atom. The van der Waals surface area contributed by atoms with E-state index in [0.29, 0.717) is 19.3 Å². The summed E-state index contributed by atoms with van der Waals surface area (Å²) < 4.78 is 22.0. The Kier molecular flexibility index (Phi) is 33.8.